The molecule has 0 fully saturated rings. The van der Waals surface area contributed by atoms with Crippen LogP contribution in [0.4, 0.5) is 0 Å². The van der Waals surface area contributed by atoms with Crippen LogP contribution in [0.1, 0.15) is 51.3 Å². The van der Waals surface area contributed by atoms with Gasteiger partial charge in [0.15, 0.2) is 0 Å². The second-order valence-corrected chi connectivity index (χ2v) is 7.11. The Labute approximate surface area is 122 Å². The summed E-state index contributed by atoms with van der Waals surface area (Å²) in [6.45, 7) is 11.9. The Morgan fingerprint density at radius 3 is 2.15 bits per heavy atom. The largest absolute Gasteiger partial charge is 0.496 e. The maximum Gasteiger partial charge on any atom is 0.309 e. The topological polar surface area (TPSA) is 46.5 Å². The lowest BCUT2D eigenvalue weighted by Gasteiger charge is -2.26. The number of hydrogen-bond donors (Lipinski definition) is 1. The van der Waals surface area contributed by atoms with Gasteiger partial charge in [-0.1, -0.05) is 32.9 Å². The summed E-state index contributed by atoms with van der Waals surface area (Å²) in [6.07, 6.45) is 0.510. The molecule has 3 nitrogen and oxygen atoms in total. The van der Waals surface area contributed by atoms with Crippen LogP contribution in [0.15, 0.2) is 12.1 Å². The summed E-state index contributed by atoms with van der Waals surface area (Å²) in [4.78, 5) is 11.3. The number of benzene rings is 1. The molecule has 0 saturated heterocycles. The van der Waals surface area contributed by atoms with Gasteiger partial charge in [-0.3, -0.25) is 4.79 Å². The molecule has 0 amide bonds. The lowest BCUT2D eigenvalue weighted by Crippen LogP contribution is -2.26. The number of carboxylic acids is 1. The fraction of sp³-hybridized carbons (Fsp3) is 0.588. The summed E-state index contributed by atoms with van der Waals surface area (Å²) in [5, 5.41) is 9.28. The Morgan fingerprint density at radius 2 is 1.75 bits per heavy atom. The van der Waals surface area contributed by atoms with Crippen LogP contribution in [-0.4, -0.2) is 18.2 Å². The molecule has 1 N–H and O–H groups in total. The van der Waals surface area contributed by atoms with Gasteiger partial charge in [-0.05, 0) is 43.7 Å². The van der Waals surface area contributed by atoms with Gasteiger partial charge in [0, 0.05) is 5.56 Å². The summed E-state index contributed by atoms with van der Waals surface area (Å²) in [5.41, 5.74) is 2.41. The third-order valence-corrected chi connectivity index (χ3v) is 3.57. The molecule has 0 aliphatic heterocycles. The van der Waals surface area contributed by atoms with Crippen molar-refractivity contribution in [3.05, 3.63) is 28.8 Å². The average molecular weight is 278 g/mol. The molecule has 0 aliphatic rings. The van der Waals surface area contributed by atoms with E-state index in [4.69, 9.17) is 4.74 Å². The van der Waals surface area contributed by atoms with Gasteiger partial charge in [0.05, 0.1) is 12.5 Å². The predicted molar refractivity (Wildman–Crippen MR) is 81.6 cm³/mol. The van der Waals surface area contributed by atoms with Gasteiger partial charge in [-0.25, -0.2) is 0 Å². The summed E-state index contributed by atoms with van der Waals surface area (Å²) >= 11 is 0. The summed E-state index contributed by atoms with van der Waals surface area (Å²) < 4.78 is 5.52. The van der Waals surface area contributed by atoms with Gasteiger partial charge in [0.25, 0.3) is 0 Å². The van der Waals surface area contributed by atoms with E-state index in [0.29, 0.717) is 6.42 Å². The van der Waals surface area contributed by atoms with Crippen LogP contribution in [0.25, 0.3) is 0 Å². The second-order valence-electron chi connectivity index (χ2n) is 7.11. The van der Waals surface area contributed by atoms with E-state index >= 15 is 0 Å². The first-order valence-electron chi connectivity index (χ1n) is 6.90. The van der Waals surface area contributed by atoms with E-state index in [0.717, 1.165) is 22.4 Å². The van der Waals surface area contributed by atoms with E-state index in [1.54, 1.807) is 21.0 Å². The van der Waals surface area contributed by atoms with Crippen LogP contribution < -0.4 is 4.74 Å². The highest BCUT2D eigenvalue weighted by atomic mass is 16.5. The molecule has 112 valence electrons. The molecule has 3 heteroatoms. The lowest BCUT2D eigenvalue weighted by atomic mass is 9.80. The average Bonchev–Trinajstić information content (AvgIpc) is 2.26. The van der Waals surface area contributed by atoms with E-state index in [2.05, 4.69) is 26.8 Å². The molecule has 20 heavy (non-hydrogen) atoms. The van der Waals surface area contributed by atoms with Crippen molar-refractivity contribution >= 4 is 5.97 Å². The highest BCUT2D eigenvalue weighted by Gasteiger charge is 2.29. The standard InChI is InChI=1S/C17H26O3/c1-11-8-12(10-17(5,6)15(18)19)9-13(14(11)20-7)16(2,3)4/h8-9H,10H2,1-7H3,(H,18,19). The van der Waals surface area contributed by atoms with Crippen LogP contribution in [0.3, 0.4) is 0 Å². The van der Waals surface area contributed by atoms with Gasteiger partial charge < -0.3 is 9.84 Å². The first-order chi connectivity index (χ1) is 8.99. The van der Waals surface area contributed by atoms with Crippen LogP contribution in [0.2, 0.25) is 0 Å². The Hall–Kier alpha value is -1.51. The highest BCUT2D eigenvalue weighted by molar-refractivity contribution is 5.74. The van der Waals surface area contributed by atoms with Crippen molar-refractivity contribution in [2.45, 2.75) is 53.4 Å². The minimum Gasteiger partial charge on any atom is -0.496 e. The molecule has 0 saturated carbocycles. The van der Waals surface area contributed by atoms with Crippen molar-refractivity contribution in [1.29, 1.82) is 0 Å². The predicted octanol–water partition coefficient (Wildman–Crippen LogP) is 3.95. The number of ether oxygens (including phenoxy) is 1. The maximum absolute atomic E-state index is 11.3. The fourth-order valence-electron chi connectivity index (χ4n) is 2.36. The molecule has 0 aliphatic carbocycles. The van der Waals surface area contributed by atoms with E-state index in [1.807, 2.05) is 13.0 Å². The van der Waals surface area contributed by atoms with Crippen molar-refractivity contribution in [2.24, 2.45) is 5.41 Å². The number of methoxy groups -OCH3 is 1. The number of hydrogen-bond acceptors (Lipinski definition) is 2. The van der Waals surface area contributed by atoms with Crippen LogP contribution in [-0.2, 0) is 16.6 Å². The summed E-state index contributed by atoms with van der Waals surface area (Å²) in [5.74, 6) is 0.123. The number of carboxylic acid groups (broad SMARTS) is 1. The van der Waals surface area contributed by atoms with Gasteiger partial charge in [0.2, 0.25) is 0 Å². The molecule has 1 rings (SSSR count). The maximum atomic E-state index is 11.3. The third kappa shape index (κ3) is 3.53. The minimum absolute atomic E-state index is 0.0422. The molecule has 1 aromatic carbocycles. The zero-order valence-corrected chi connectivity index (χ0v) is 13.6. The van der Waals surface area contributed by atoms with E-state index in [9.17, 15) is 9.90 Å². The van der Waals surface area contributed by atoms with Crippen molar-refractivity contribution in [3.63, 3.8) is 0 Å². The molecule has 0 bridgehead atoms. The molecule has 0 unspecified atom stereocenters. The molecular weight excluding hydrogens is 252 g/mol. The Bertz CT molecular complexity index is 508. The van der Waals surface area contributed by atoms with Crippen LogP contribution in [0, 0.1) is 12.3 Å². The normalized spacial score (nSPS) is 12.3. The SMILES string of the molecule is COc1c(C)cc(CC(C)(C)C(=O)O)cc1C(C)(C)C. The van der Waals surface area contributed by atoms with Gasteiger partial charge in [0.1, 0.15) is 5.75 Å². The zero-order valence-electron chi connectivity index (χ0n) is 13.6. The number of rotatable bonds is 4. The summed E-state index contributed by atoms with van der Waals surface area (Å²) in [6, 6.07) is 4.11. The van der Waals surface area contributed by atoms with E-state index < -0.39 is 11.4 Å². The zero-order chi connectivity index (χ0) is 15.7. The molecule has 0 aromatic heterocycles. The van der Waals surface area contributed by atoms with E-state index in [-0.39, 0.29) is 5.41 Å². The summed E-state index contributed by atoms with van der Waals surface area (Å²) in [7, 11) is 1.68. The number of aryl methyl sites for hydroxylation is 1. The van der Waals surface area contributed by atoms with Gasteiger partial charge in [-0.15, -0.1) is 0 Å². The smallest absolute Gasteiger partial charge is 0.309 e. The first-order valence-corrected chi connectivity index (χ1v) is 6.90. The lowest BCUT2D eigenvalue weighted by molar-refractivity contribution is -0.146. The van der Waals surface area contributed by atoms with Crippen LogP contribution >= 0.6 is 0 Å². The molecule has 0 heterocycles. The Morgan fingerprint density at radius 1 is 1.20 bits per heavy atom. The van der Waals surface area contributed by atoms with Gasteiger partial charge in [-0.2, -0.15) is 0 Å². The number of aliphatic carboxylic acids is 1. The van der Waals surface area contributed by atoms with Crippen molar-refractivity contribution in [3.8, 4) is 5.75 Å². The highest BCUT2D eigenvalue weighted by Crippen LogP contribution is 2.36. The molecular formula is C17H26O3. The Balaban J connectivity index is 3.32. The monoisotopic (exact) mass is 278 g/mol. The molecule has 0 radical (unpaired) electrons. The first kappa shape index (κ1) is 16.5. The van der Waals surface area contributed by atoms with E-state index in [1.165, 1.54) is 0 Å². The Kier molecular flexibility index (Phi) is 4.52. The quantitative estimate of drug-likeness (QED) is 0.907. The van der Waals surface area contributed by atoms with Crippen molar-refractivity contribution < 1.29 is 14.6 Å². The molecule has 0 atom stereocenters. The fourth-order valence-corrected chi connectivity index (χ4v) is 2.36. The molecule has 1 aromatic rings. The number of carbonyl (C=O) groups is 1. The minimum atomic E-state index is -0.775. The van der Waals surface area contributed by atoms with Crippen molar-refractivity contribution in [1.82, 2.24) is 0 Å². The molecule has 0 spiro atoms. The van der Waals surface area contributed by atoms with Crippen LogP contribution in [0.5, 0.6) is 5.75 Å². The van der Waals surface area contributed by atoms with Crippen molar-refractivity contribution in [2.75, 3.05) is 7.11 Å². The van der Waals surface area contributed by atoms with Gasteiger partial charge >= 0.3 is 5.97 Å². The second kappa shape index (κ2) is 5.47. The third-order valence-electron chi connectivity index (χ3n) is 3.57.